The molecule has 5 nitrogen and oxygen atoms in total. The quantitative estimate of drug-likeness (QED) is 0.636. The molecule has 0 radical (unpaired) electrons. The van der Waals surface area contributed by atoms with Gasteiger partial charge in [-0.1, -0.05) is 13.0 Å². The van der Waals surface area contributed by atoms with Crippen molar-refractivity contribution in [2.24, 2.45) is 0 Å². The van der Waals surface area contributed by atoms with Crippen LogP contribution in [0.25, 0.3) is 0 Å². The molecular formula is C15H22N2O3. The molecule has 0 spiro atoms. The van der Waals surface area contributed by atoms with Crippen molar-refractivity contribution in [1.29, 1.82) is 0 Å². The number of anilines is 1. The van der Waals surface area contributed by atoms with E-state index in [1.54, 1.807) is 24.3 Å². The number of aliphatic hydroxyl groups excluding tert-OH is 1. The average Bonchev–Trinajstić information content (AvgIpc) is 2.45. The van der Waals surface area contributed by atoms with Crippen LogP contribution < -0.4 is 10.6 Å². The highest BCUT2D eigenvalue weighted by Gasteiger charge is 2.07. The molecule has 20 heavy (non-hydrogen) atoms. The molecule has 5 heteroatoms. The number of carbonyl (C=O) groups is 2. The average molecular weight is 278 g/mol. The molecule has 0 aromatic heterocycles. The number of amides is 2. The van der Waals surface area contributed by atoms with Crippen LogP contribution in [-0.2, 0) is 4.79 Å². The van der Waals surface area contributed by atoms with Gasteiger partial charge in [0.1, 0.15) is 0 Å². The van der Waals surface area contributed by atoms with E-state index in [2.05, 4.69) is 10.6 Å². The molecule has 0 atom stereocenters. The van der Waals surface area contributed by atoms with Crippen molar-refractivity contribution in [1.82, 2.24) is 5.32 Å². The molecule has 3 N–H and O–H groups in total. The topological polar surface area (TPSA) is 78.4 Å². The van der Waals surface area contributed by atoms with Gasteiger partial charge in [0.15, 0.2) is 0 Å². The summed E-state index contributed by atoms with van der Waals surface area (Å²) < 4.78 is 0. The SMILES string of the molecule is CCCNC(=O)c1cccc(NC(=O)CCCCO)c1. The molecule has 1 rings (SSSR count). The Balaban J connectivity index is 2.54. The number of nitrogens with one attached hydrogen (secondary N) is 2. The first-order chi connectivity index (χ1) is 9.67. The van der Waals surface area contributed by atoms with Crippen LogP contribution in [0.5, 0.6) is 0 Å². The summed E-state index contributed by atoms with van der Waals surface area (Å²) in [6, 6.07) is 6.87. The van der Waals surface area contributed by atoms with Gasteiger partial charge in [-0.15, -0.1) is 0 Å². The minimum atomic E-state index is -0.136. The molecule has 0 aliphatic carbocycles. The Hall–Kier alpha value is -1.88. The minimum Gasteiger partial charge on any atom is -0.396 e. The third-order valence-electron chi connectivity index (χ3n) is 2.76. The summed E-state index contributed by atoms with van der Waals surface area (Å²) >= 11 is 0. The molecule has 2 amide bonds. The third-order valence-corrected chi connectivity index (χ3v) is 2.76. The van der Waals surface area contributed by atoms with Gasteiger partial charge in [-0.25, -0.2) is 0 Å². The number of hydrogen-bond donors (Lipinski definition) is 3. The summed E-state index contributed by atoms with van der Waals surface area (Å²) in [6.07, 6.45) is 2.52. The van der Waals surface area contributed by atoms with E-state index in [0.29, 0.717) is 37.1 Å². The first-order valence-corrected chi connectivity index (χ1v) is 6.96. The zero-order valence-electron chi connectivity index (χ0n) is 11.8. The molecule has 1 aromatic carbocycles. The van der Waals surface area contributed by atoms with Gasteiger partial charge in [0.05, 0.1) is 0 Å². The van der Waals surface area contributed by atoms with Crippen molar-refractivity contribution < 1.29 is 14.7 Å². The summed E-state index contributed by atoms with van der Waals surface area (Å²) in [5, 5.41) is 14.2. The highest BCUT2D eigenvalue weighted by atomic mass is 16.3. The zero-order valence-corrected chi connectivity index (χ0v) is 11.8. The number of rotatable bonds is 8. The highest BCUT2D eigenvalue weighted by Crippen LogP contribution is 2.11. The van der Waals surface area contributed by atoms with Crippen LogP contribution >= 0.6 is 0 Å². The first-order valence-electron chi connectivity index (χ1n) is 6.96. The monoisotopic (exact) mass is 278 g/mol. The second-order valence-corrected chi connectivity index (χ2v) is 4.57. The second-order valence-electron chi connectivity index (χ2n) is 4.57. The number of aliphatic hydroxyl groups is 1. The van der Waals surface area contributed by atoms with Gasteiger partial charge in [-0.2, -0.15) is 0 Å². The van der Waals surface area contributed by atoms with Crippen LogP contribution in [-0.4, -0.2) is 30.1 Å². The maximum Gasteiger partial charge on any atom is 0.251 e. The molecule has 110 valence electrons. The minimum absolute atomic E-state index is 0.0976. The predicted molar refractivity (Wildman–Crippen MR) is 78.6 cm³/mol. The first kappa shape index (κ1) is 16.2. The Morgan fingerprint density at radius 1 is 1.25 bits per heavy atom. The fraction of sp³-hybridized carbons (Fsp3) is 0.467. The standard InChI is InChI=1S/C15H22N2O3/c1-2-9-16-15(20)12-6-5-7-13(11-12)17-14(19)8-3-4-10-18/h5-7,11,18H,2-4,8-10H2,1H3,(H,16,20)(H,17,19). The summed E-state index contributed by atoms with van der Waals surface area (Å²) in [6.45, 7) is 2.72. The van der Waals surface area contributed by atoms with Crippen molar-refractivity contribution in [3.8, 4) is 0 Å². The molecule has 0 aliphatic rings. The Morgan fingerprint density at radius 3 is 2.75 bits per heavy atom. The fourth-order valence-electron chi connectivity index (χ4n) is 1.70. The van der Waals surface area contributed by atoms with Gasteiger partial charge in [0.2, 0.25) is 5.91 Å². The van der Waals surface area contributed by atoms with Gasteiger partial charge in [-0.3, -0.25) is 9.59 Å². The maximum atomic E-state index is 11.8. The van der Waals surface area contributed by atoms with Crippen molar-refractivity contribution in [2.75, 3.05) is 18.5 Å². The number of hydrogen-bond acceptors (Lipinski definition) is 3. The second kappa shape index (κ2) is 9.09. The molecule has 1 aromatic rings. The van der Waals surface area contributed by atoms with Gasteiger partial charge in [0, 0.05) is 30.8 Å². The normalized spacial score (nSPS) is 10.1. The van der Waals surface area contributed by atoms with E-state index in [9.17, 15) is 9.59 Å². The maximum absolute atomic E-state index is 11.8. The largest absolute Gasteiger partial charge is 0.396 e. The van der Waals surface area contributed by atoms with E-state index >= 15 is 0 Å². The molecular weight excluding hydrogens is 256 g/mol. The lowest BCUT2D eigenvalue weighted by Crippen LogP contribution is -2.24. The van der Waals surface area contributed by atoms with Crippen molar-refractivity contribution in [2.45, 2.75) is 32.6 Å². The summed E-state index contributed by atoms with van der Waals surface area (Å²) in [5.41, 5.74) is 1.15. The lowest BCUT2D eigenvalue weighted by molar-refractivity contribution is -0.116. The molecule has 0 heterocycles. The molecule has 0 bridgehead atoms. The zero-order chi connectivity index (χ0) is 14.8. The van der Waals surface area contributed by atoms with Crippen LogP contribution in [0.3, 0.4) is 0 Å². The van der Waals surface area contributed by atoms with E-state index in [1.165, 1.54) is 0 Å². The van der Waals surface area contributed by atoms with E-state index in [1.807, 2.05) is 6.92 Å². The van der Waals surface area contributed by atoms with Gasteiger partial charge in [-0.05, 0) is 37.5 Å². The van der Waals surface area contributed by atoms with Gasteiger partial charge < -0.3 is 15.7 Å². The van der Waals surface area contributed by atoms with Crippen LogP contribution in [0.2, 0.25) is 0 Å². The van der Waals surface area contributed by atoms with Crippen LogP contribution in [0, 0.1) is 0 Å². The summed E-state index contributed by atoms with van der Waals surface area (Å²) in [5.74, 6) is -0.243. The fourth-order valence-corrected chi connectivity index (χ4v) is 1.70. The molecule has 0 unspecified atom stereocenters. The summed E-state index contributed by atoms with van der Waals surface area (Å²) in [7, 11) is 0. The molecule has 0 saturated carbocycles. The third kappa shape index (κ3) is 5.84. The van der Waals surface area contributed by atoms with E-state index in [0.717, 1.165) is 6.42 Å². The number of carbonyl (C=O) groups excluding carboxylic acids is 2. The Bertz CT molecular complexity index is 446. The van der Waals surface area contributed by atoms with Crippen LogP contribution in [0.1, 0.15) is 43.0 Å². The van der Waals surface area contributed by atoms with Gasteiger partial charge >= 0.3 is 0 Å². The Kier molecular flexibility index (Phi) is 7.35. The molecule has 0 saturated heterocycles. The highest BCUT2D eigenvalue weighted by molar-refractivity contribution is 5.97. The van der Waals surface area contributed by atoms with E-state index in [-0.39, 0.29) is 18.4 Å². The van der Waals surface area contributed by atoms with Crippen molar-refractivity contribution in [3.63, 3.8) is 0 Å². The Labute approximate surface area is 119 Å². The van der Waals surface area contributed by atoms with Crippen molar-refractivity contribution >= 4 is 17.5 Å². The van der Waals surface area contributed by atoms with Crippen LogP contribution in [0.15, 0.2) is 24.3 Å². The van der Waals surface area contributed by atoms with E-state index < -0.39 is 0 Å². The number of unbranched alkanes of at least 4 members (excludes halogenated alkanes) is 1. The number of benzene rings is 1. The lowest BCUT2D eigenvalue weighted by Gasteiger charge is -2.08. The lowest BCUT2D eigenvalue weighted by atomic mass is 10.1. The Morgan fingerprint density at radius 2 is 2.05 bits per heavy atom. The predicted octanol–water partition coefficient (Wildman–Crippen LogP) is 1.93. The van der Waals surface area contributed by atoms with E-state index in [4.69, 9.17) is 5.11 Å². The van der Waals surface area contributed by atoms with Crippen molar-refractivity contribution in [3.05, 3.63) is 29.8 Å². The smallest absolute Gasteiger partial charge is 0.251 e. The van der Waals surface area contributed by atoms with Gasteiger partial charge in [0.25, 0.3) is 5.91 Å². The molecule has 0 fully saturated rings. The van der Waals surface area contributed by atoms with Crippen LogP contribution in [0.4, 0.5) is 5.69 Å². The molecule has 0 aliphatic heterocycles. The summed E-state index contributed by atoms with van der Waals surface area (Å²) in [4.78, 5) is 23.4.